The Morgan fingerprint density at radius 3 is 2.07 bits per heavy atom. The number of pyridine rings is 2. The quantitative estimate of drug-likeness (QED) is 0.264. The third kappa shape index (κ3) is 8.44. The van der Waals surface area contributed by atoms with Crippen LogP contribution < -0.4 is 10.6 Å². The molecule has 8 nitrogen and oxygen atoms in total. The molecule has 0 radical (unpaired) electrons. The Morgan fingerprint density at radius 2 is 1.41 bits per heavy atom. The number of nitrogens with one attached hydrogen (secondary N) is 2. The summed E-state index contributed by atoms with van der Waals surface area (Å²) in [5, 5.41) is 10.3. The second kappa shape index (κ2) is 14.5. The zero-order valence-electron chi connectivity index (χ0n) is 23.7. The molecule has 0 aliphatic carbocycles. The van der Waals surface area contributed by atoms with Crippen LogP contribution in [0.4, 0.5) is 10.5 Å². The lowest BCUT2D eigenvalue weighted by molar-refractivity contribution is -0.00583. The van der Waals surface area contributed by atoms with Crippen molar-refractivity contribution in [2.75, 3.05) is 25.5 Å². The van der Waals surface area contributed by atoms with Crippen molar-refractivity contribution in [2.45, 2.75) is 45.1 Å². The summed E-state index contributed by atoms with van der Waals surface area (Å²) >= 11 is 0. The van der Waals surface area contributed by atoms with Crippen molar-refractivity contribution < 1.29 is 4.79 Å². The normalized spacial score (nSPS) is 14.2. The molecular formula is C33H39N7O. The SMILES string of the molecule is CN(C(=O)Nc1ccccc1)N1CCC(N(Cc2ccc(CNCc3ccccn3)cc2)Cc2ccccn2)CC1. The lowest BCUT2D eigenvalue weighted by Gasteiger charge is -2.41. The molecule has 2 amide bonds. The highest BCUT2D eigenvalue weighted by molar-refractivity contribution is 5.88. The van der Waals surface area contributed by atoms with E-state index in [-0.39, 0.29) is 6.03 Å². The average molecular weight is 550 g/mol. The predicted octanol–water partition coefficient (Wildman–Crippen LogP) is 5.31. The van der Waals surface area contributed by atoms with E-state index in [2.05, 4.69) is 66.9 Å². The summed E-state index contributed by atoms with van der Waals surface area (Å²) in [5.41, 5.74) is 5.46. The van der Waals surface area contributed by atoms with Crippen LogP contribution in [0.1, 0.15) is 35.4 Å². The van der Waals surface area contributed by atoms with Gasteiger partial charge >= 0.3 is 6.03 Å². The topological polar surface area (TPSA) is 76.6 Å². The van der Waals surface area contributed by atoms with E-state index >= 15 is 0 Å². The van der Waals surface area contributed by atoms with Gasteiger partial charge in [0.15, 0.2) is 0 Å². The van der Waals surface area contributed by atoms with Gasteiger partial charge in [0.25, 0.3) is 0 Å². The van der Waals surface area contributed by atoms with Crippen molar-refractivity contribution in [3.63, 3.8) is 0 Å². The van der Waals surface area contributed by atoms with Crippen LogP contribution >= 0.6 is 0 Å². The summed E-state index contributed by atoms with van der Waals surface area (Å²) in [6.45, 7) is 4.85. The predicted molar refractivity (Wildman–Crippen MR) is 163 cm³/mol. The van der Waals surface area contributed by atoms with Gasteiger partial charge in [-0.15, -0.1) is 0 Å². The molecule has 1 saturated heterocycles. The van der Waals surface area contributed by atoms with E-state index < -0.39 is 0 Å². The first-order chi connectivity index (χ1) is 20.1. The van der Waals surface area contributed by atoms with E-state index in [9.17, 15) is 4.79 Å². The molecule has 41 heavy (non-hydrogen) atoms. The van der Waals surface area contributed by atoms with Crippen LogP contribution in [0.3, 0.4) is 0 Å². The van der Waals surface area contributed by atoms with Crippen LogP contribution in [0.25, 0.3) is 0 Å². The number of aromatic nitrogens is 2. The van der Waals surface area contributed by atoms with Gasteiger partial charge in [0.05, 0.1) is 11.4 Å². The number of nitrogens with zero attached hydrogens (tertiary/aromatic N) is 5. The Kier molecular flexibility index (Phi) is 10.1. The molecule has 0 spiro atoms. The molecule has 2 N–H and O–H groups in total. The van der Waals surface area contributed by atoms with Crippen LogP contribution in [0.2, 0.25) is 0 Å². The standard InChI is InChI=1S/C33H39N7O/c1-38(33(41)37-29-9-3-2-4-10-29)40-21-17-32(18-22-40)39(26-31-12-6-8-20-36-31)25-28-15-13-27(14-16-28)23-34-24-30-11-5-7-19-35-30/h2-16,19-20,32,34H,17-18,21-26H2,1H3,(H,37,41). The van der Waals surface area contributed by atoms with E-state index in [0.717, 1.165) is 69.2 Å². The third-order valence-corrected chi connectivity index (χ3v) is 7.56. The molecule has 2 aromatic carbocycles. The number of hydrogen-bond donors (Lipinski definition) is 2. The molecule has 3 heterocycles. The number of hydrogen-bond acceptors (Lipinski definition) is 6. The number of anilines is 1. The van der Waals surface area contributed by atoms with Crippen LogP contribution in [0.5, 0.6) is 0 Å². The molecule has 1 aliphatic heterocycles. The smallest absolute Gasteiger partial charge is 0.307 e. The van der Waals surface area contributed by atoms with Crippen molar-refractivity contribution >= 4 is 11.7 Å². The summed E-state index contributed by atoms with van der Waals surface area (Å²) < 4.78 is 0. The first-order valence-corrected chi connectivity index (χ1v) is 14.3. The third-order valence-electron chi connectivity index (χ3n) is 7.56. The number of hydrazine groups is 1. The van der Waals surface area contributed by atoms with Gasteiger partial charge < -0.3 is 10.6 Å². The molecule has 0 atom stereocenters. The maximum absolute atomic E-state index is 12.8. The van der Waals surface area contributed by atoms with Gasteiger partial charge in [0, 0.05) is 70.4 Å². The summed E-state index contributed by atoms with van der Waals surface area (Å²) in [6.07, 6.45) is 5.65. The van der Waals surface area contributed by atoms with Crippen molar-refractivity contribution in [1.29, 1.82) is 0 Å². The minimum absolute atomic E-state index is 0.116. The molecule has 1 fully saturated rings. The Labute approximate surface area is 243 Å². The molecule has 8 heteroatoms. The maximum atomic E-state index is 12.8. The first-order valence-electron chi connectivity index (χ1n) is 14.3. The van der Waals surface area contributed by atoms with E-state index in [1.54, 1.807) is 5.01 Å². The maximum Gasteiger partial charge on any atom is 0.336 e. The van der Waals surface area contributed by atoms with E-state index in [0.29, 0.717) is 6.04 Å². The molecule has 212 valence electrons. The fraction of sp³-hybridized carbons (Fsp3) is 0.303. The van der Waals surface area contributed by atoms with Crippen molar-refractivity contribution in [3.05, 3.63) is 126 Å². The molecule has 4 aromatic rings. The van der Waals surface area contributed by atoms with Gasteiger partial charge in [-0.05, 0) is 60.4 Å². The van der Waals surface area contributed by atoms with Gasteiger partial charge in [-0.3, -0.25) is 19.9 Å². The van der Waals surface area contributed by atoms with E-state index in [1.807, 2.05) is 74.0 Å². The number of piperidine rings is 1. The van der Waals surface area contributed by atoms with Crippen LogP contribution in [-0.2, 0) is 26.2 Å². The van der Waals surface area contributed by atoms with Gasteiger partial charge in [-0.25, -0.2) is 9.80 Å². The summed E-state index contributed by atoms with van der Waals surface area (Å²) in [5.74, 6) is 0. The van der Waals surface area contributed by atoms with Crippen molar-refractivity contribution in [1.82, 2.24) is 30.2 Å². The van der Waals surface area contributed by atoms with Gasteiger partial charge in [0.2, 0.25) is 0 Å². The highest BCUT2D eigenvalue weighted by Gasteiger charge is 2.28. The van der Waals surface area contributed by atoms with Crippen LogP contribution in [0.15, 0.2) is 103 Å². The fourth-order valence-electron chi connectivity index (χ4n) is 5.22. The number of amides is 2. The fourth-order valence-corrected chi connectivity index (χ4v) is 5.22. The average Bonchev–Trinajstić information content (AvgIpc) is 3.03. The highest BCUT2D eigenvalue weighted by atomic mass is 16.2. The van der Waals surface area contributed by atoms with Gasteiger partial charge in [0.1, 0.15) is 0 Å². The zero-order valence-corrected chi connectivity index (χ0v) is 23.7. The second-order valence-corrected chi connectivity index (χ2v) is 10.5. The monoisotopic (exact) mass is 549 g/mol. The van der Waals surface area contributed by atoms with Gasteiger partial charge in [-0.1, -0.05) is 54.6 Å². The summed E-state index contributed by atoms with van der Waals surface area (Å²) in [4.78, 5) is 24.3. The number of carbonyl (C=O) groups is 1. The minimum atomic E-state index is -0.116. The Hall–Kier alpha value is -4.11. The molecule has 1 aliphatic rings. The minimum Gasteiger partial charge on any atom is -0.307 e. The van der Waals surface area contributed by atoms with E-state index in [4.69, 9.17) is 0 Å². The molecule has 2 aromatic heterocycles. The largest absolute Gasteiger partial charge is 0.336 e. The lowest BCUT2D eigenvalue weighted by atomic mass is 10.0. The van der Waals surface area contributed by atoms with E-state index in [1.165, 1.54) is 11.1 Å². The second-order valence-electron chi connectivity index (χ2n) is 10.5. The Bertz CT molecular complexity index is 1330. The van der Waals surface area contributed by atoms with Crippen molar-refractivity contribution in [3.8, 4) is 0 Å². The molecular weight excluding hydrogens is 510 g/mol. The highest BCUT2D eigenvalue weighted by Crippen LogP contribution is 2.22. The number of rotatable bonds is 11. The molecule has 0 unspecified atom stereocenters. The van der Waals surface area contributed by atoms with Crippen molar-refractivity contribution in [2.24, 2.45) is 0 Å². The lowest BCUT2D eigenvalue weighted by Crippen LogP contribution is -2.52. The summed E-state index contributed by atoms with van der Waals surface area (Å²) in [6, 6.07) is 30.9. The number of carbonyl (C=O) groups excluding carboxylic acids is 1. The number of para-hydroxylation sites is 1. The Balaban J connectivity index is 1.17. The molecule has 0 bridgehead atoms. The first kappa shape index (κ1) is 28.4. The van der Waals surface area contributed by atoms with Crippen LogP contribution in [-0.4, -0.2) is 57.1 Å². The van der Waals surface area contributed by atoms with Crippen LogP contribution in [0, 0.1) is 0 Å². The van der Waals surface area contributed by atoms with Gasteiger partial charge in [-0.2, -0.15) is 0 Å². The molecule has 0 saturated carbocycles. The number of benzene rings is 2. The summed E-state index contributed by atoms with van der Waals surface area (Å²) in [7, 11) is 1.84. The zero-order chi connectivity index (χ0) is 28.3. The number of urea groups is 1. The Morgan fingerprint density at radius 1 is 0.780 bits per heavy atom. The molecule has 5 rings (SSSR count).